The molecule has 1 saturated heterocycles. The third-order valence-corrected chi connectivity index (χ3v) is 3.83. The molecule has 1 aromatic heterocycles. The van der Waals surface area contributed by atoms with Gasteiger partial charge < -0.3 is 4.57 Å². The number of aryl methyl sites for hydroxylation is 1. The van der Waals surface area contributed by atoms with Crippen LogP contribution in [0.4, 0.5) is 4.48 Å². The SMILES string of the molecule is Cn1ccc2c(c1=O)CC1CC2CN(F)C1. The minimum Gasteiger partial charge on any atom is -0.318 e. The molecule has 2 aliphatic rings. The van der Waals surface area contributed by atoms with E-state index < -0.39 is 0 Å². The van der Waals surface area contributed by atoms with E-state index in [0.717, 1.165) is 29.1 Å². The second-order valence-electron chi connectivity index (χ2n) is 5.00. The summed E-state index contributed by atoms with van der Waals surface area (Å²) >= 11 is 0. The standard InChI is InChI=1S/C12H15FN2O/c1-14-3-2-10-9-4-8(6-15(13)7-9)5-11(10)12(14)16/h2-3,8-9H,4-7H2,1H3. The lowest BCUT2D eigenvalue weighted by molar-refractivity contribution is -0.0288. The maximum absolute atomic E-state index is 13.3. The number of halogens is 1. The highest BCUT2D eigenvalue weighted by Crippen LogP contribution is 2.37. The summed E-state index contributed by atoms with van der Waals surface area (Å²) in [5.74, 6) is 0.521. The third-order valence-electron chi connectivity index (χ3n) is 3.83. The predicted molar refractivity (Wildman–Crippen MR) is 58.9 cm³/mol. The Kier molecular flexibility index (Phi) is 2.14. The lowest BCUT2D eigenvalue weighted by atomic mass is 9.75. The van der Waals surface area contributed by atoms with Crippen LogP contribution in [0.3, 0.4) is 0 Å². The van der Waals surface area contributed by atoms with Gasteiger partial charge in [-0.2, -0.15) is 0 Å². The molecule has 0 N–H and O–H groups in total. The second kappa shape index (κ2) is 3.42. The Hall–Kier alpha value is -1.16. The molecule has 16 heavy (non-hydrogen) atoms. The Morgan fingerprint density at radius 2 is 2.25 bits per heavy atom. The number of rotatable bonds is 0. The third kappa shape index (κ3) is 1.40. The van der Waals surface area contributed by atoms with Gasteiger partial charge in [0.2, 0.25) is 0 Å². The van der Waals surface area contributed by atoms with Crippen LogP contribution in [0.5, 0.6) is 0 Å². The quantitative estimate of drug-likeness (QED) is 0.617. The monoisotopic (exact) mass is 222 g/mol. The van der Waals surface area contributed by atoms with E-state index in [0.29, 0.717) is 19.0 Å². The number of piperidine rings is 1. The Bertz CT molecular complexity index is 482. The van der Waals surface area contributed by atoms with Gasteiger partial charge in [-0.25, -0.2) is 0 Å². The van der Waals surface area contributed by atoms with Gasteiger partial charge in [0.25, 0.3) is 5.56 Å². The van der Waals surface area contributed by atoms with Crippen molar-refractivity contribution >= 4 is 0 Å². The smallest absolute Gasteiger partial charge is 0.253 e. The molecule has 3 nitrogen and oxygen atoms in total. The maximum atomic E-state index is 13.3. The number of pyridine rings is 1. The van der Waals surface area contributed by atoms with E-state index >= 15 is 0 Å². The number of hydrogen-bond acceptors (Lipinski definition) is 2. The number of aromatic nitrogens is 1. The summed E-state index contributed by atoms with van der Waals surface area (Å²) < 4.78 is 14.9. The molecular weight excluding hydrogens is 207 g/mol. The molecule has 1 fully saturated rings. The van der Waals surface area contributed by atoms with E-state index in [4.69, 9.17) is 0 Å². The molecule has 3 rings (SSSR count). The van der Waals surface area contributed by atoms with Crippen LogP contribution in [0.15, 0.2) is 17.1 Å². The summed E-state index contributed by atoms with van der Waals surface area (Å²) in [6.45, 7) is 0.921. The second-order valence-corrected chi connectivity index (χ2v) is 5.00. The van der Waals surface area contributed by atoms with Crippen LogP contribution in [-0.4, -0.2) is 22.8 Å². The van der Waals surface area contributed by atoms with Crippen LogP contribution < -0.4 is 5.56 Å². The normalized spacial score (nSPS) is 28.9. The Morgan fingerprint density at radius 1 is 1.44 bits per heavy atom. The van der Waals surface area contributed by atoms with Gasteiger partial charge in [0.15, 0.2) is 0 Å². The van der Waals surface area contributed by atoms with E-state index in [2.05, 4.69) is 0 Å². The maximum Gasteiger partial charge on any atom is 0.253 e. The van der Waals surface area contributed by atoms with Crippen molar-refractivity contribution in [3.63, 3.8) is 0 Å². The highest BCUT2D eigenvalue weighted by Gasteiger charge is 2.35. The summed E-state index contributed by atoms with van der Waals surface area (Å²) in [5, 5.41) is 0.902. The van der Waals surface area contributed by atoms with Gasteiger partial charge in [0.1, 0.15) is 0 Å². The van der Waals surface area contributed by atoms with Gasteiger partial charge in [0.05, 0.1) is 0 Å². The predicted octanol–water partition coefficient (Wildman–Crippen LogP) is 1.23. The van der Waals surface area contributed by atoms with Crippen molar-refractivity contribution in [2.24, 2.45) is 13.0 Å². The highest BCUT2D eigenvalue weighted by molar-refractivity contribution is 5.32. The summed E-state index contributed by atoms with van der Waals surface area (Å²) in [7, 11) is 1.77. The summed E-state index contributed by atoms with van der Waals surface area (Å²) in [5.41, 5.74) is 2.08. The highest BCUT2D eigenvalue weighted by atomic mass is 19.2. The largest absolute Gasteiger partial charge is 0.318 e. The van der Waals surface area contributed by atoms with Crippen LogP contribution in [0.2, 0.25) is 0 Å². The average molecular weight is 222 g/mol. The van der Waals surface area contributed by atoms with Crippen LogP contribution >= 0.6 is 0 Å². The first-order chi connectivity index (χ1) is 7.65. The zero-order valence-electron chi connectivity index (χ0n) is 9.32. The van der Waals surface area contributed by atoms with Crippen molar-refractivity contribution in [1.82, 2.24) is 9.69 Å². The van der Waals surface area contributed by atoms with Crippen LogP contribution in [-0.2, 0) is 13.5 Å². The fraction of sp³-hybridized carbons (Fsp3) is 0.583. The van der Waals surface area contributed by atoms with E-state index in [1.807, 2.05) is 6.07 Å². The first-order valence-corrected chi connectivity index (χ1v) is 5.74. The van der Waals surface area contributed by atoms with Crippen LogP contribution in [0, 0.1) is 5.92 Å². The molecule has 2 unspecified atom stereocenters. The summed E-state index contributed by atoms with van der Waals surface area (Å²) in [6, 6.07) is 1.98. The molecule has 2 heterocycles. The molecule has 4 heteroatoms. The van der Waals surface area contributed by atoms with Gasteiger partial charge in [0, 0.05) is 37.8 Å². The average Bonchev–Trinajstić information content (AvgIpc) is 2.23. The molecule has 1 aliphatic heterocycles. The minimum atomic E-state index is 0.0968. The topological polar surface area (TPSA) is 25.2 Å². The molecule has 0 amide bonds. The van der Waals surface area contributed by atoms with Gasteiger partial charge in [-0.05, 0) is 30.4 Å². The molecule has 0 saturated carbocycles. The first kappa shape index (κ1) is 10.0. The summed E-state index contributed by atoms with van der Waals surface area (Å²) in [6.07, 6.45) is 3.55. The molecule has 1 aliphatic carbocycles. The van der Waals surface area contributed by atoms with E-state index in [9.17, 15) is 9.28 Å². The Morgan fingerprint density at radius 3 is 3.06 bits per heavy atom. The first-order valence-electron chi connectivity index (χ1n) is 5.74. The van der Waals surface area contributed by atoms with Gasteiger partial charge in [-0.3, -0.25) is 4.79 Å². The van der Waals surface area contributed by atoms with Crippen molar-refractivity contribution in [2.45, 2.75) is 18.8 Å². The molecule has 1 aromatic rings. The Labute approximate surface area is 93.4 Å². The number of fused-ring (bicyclic) bond motifs is 4. The fourth-order valence-corrected chi connectivity index (χ4v) is 3.09. The van der Waals surface area contributed by atoms with E-state index in [1.54, 1.807) is 17.8 Å². The van der Waals surface area contributed by atoms with Crippen LogP contribution in [0.25, 0.3) is 0 Å². The molecule has 0 spiro atoms. The van der Waals surface area contributed by atoms with E-state index in [1.165, 1.54) is 0 Å². The zero-order chi connectivity index (χ0) is 11.3. The van der Waals surface area contributed by atoms with Crippen molar-refractivity contribution in [3.05, 3.63) is 33.7 Å². The van der Waals surface area contributed by atoms with E-state index in [-0.39, 0.29) is 11.5 Å². The zero-order valence-corrected chi connectivity index (χ0v) is 9.32. The Balaban J connectivity index is 2.12. The lowest BCUT2D eigenvalue weighted by Crippen LogP contribution is -2.41. The van der Waals surface area contributed by atoms with Gasteiger partial charge in [-0.15, -0.1) is 9.60 Å². The minimum absolute atomic E-state index is 0.0968. The molecule has 0 aromatic carbocycles. The van der Waals surface area contributed by atoms with Gasteiger partial charge >= 0.3 is 0 Å². The molecule has 86 valence electrons. The van der Waals surface area contributed by atoms with Crippen molar-refractivity contribution in [1.29, 1.82) is 0 Å². The molecule has 2 atom stereocenters. The number of hydrogen-bond donors (Lipinski definition) is 0. The van der Waals surface area contributed by atoms with Gasteiger partial charge in [-0.1, -0.05) is 0 Å². The summed E-state index contributed by atoms with van der Waals surface area (Å²) in [4.78, 5) is 12.0. The fourth-order valence-electron chi connectivity index (χ4n) is 3.09. The lowest BCUT2D eigenvalue weighted by Gasteiger charge is -2.38. The molecular formula is C12H15FN2O. The molecule has 0 radical (unpaired) electrons. The van der Waals surface area contributed by atoms with Crippen LogP contribution in [0.1, 0.15) is 23.5 Å². The van der Waals surface area contributed by atoms with Crippen molar-refractivity contribution < 1.29 is 4.48 Å². The van der Waals surface area contributed by atoms with Crippen molar-refractivity contribution in [3.8, 4) is 0 Å². The molecule has 2 bridgehead atoms. The number of nitrogens with zero attached hydrogens (tertiary/aromatic N) is 2. The van der Waals surface area contributed by atoms with Crippen molar-refractivity contribution in [2.75, 3.05) is 13.1 Å².